The maximum absolute atomic E-state index is 4.20. The van der Waals surface area contributed by atoms with Crippen molar-refractivity contribution in [3.05, 3.63) is 145 Å². The summed E-state index contributed by atoms with van der Waals surface area (Å²) in [5, 5.41) is 16.8. The van der Waals surface area contributed by atoms with E-state index in [1.54, 1.807) is 24.8 Å². The van der Waals surface area contributed by atoms with Crippen molar-refractivity contribution in [2.75, 3.05) is 0 Å². The molecule has 12 nitrogen and oxygen atoms in total. The normalized spacial score (nSPS) is 9.60. The second-order valence-electron chi connectivity index (χ2n) is 8.45. The van der Waals surface area contributed by atoms with Crippen molar-refractivity contribution in [3.8, 4) is 0 Å². The number of nitrogens with zero attached hydrogens (tertiary/aromatic N) is 8. The molecule has 0 radical (unpaired) electrons. The summed E-state index contributed by atoms with van der Waals surface area (Å²) < 4.78 is 7.68. The van der Waals surface area contributed by atoms with Crippen molar-refractivity contribution >= 4 is 0 Å². The number of rotatable bonds is 8. The van der Waals surface area contributed by atoms with Crippen LogP contribution in [-0.2, 0) is 26.2 Å². The maximum Gasteiger partial charge on any atom is 0.0659 e. The third-order valence-electron chi connectivity index (χ3n) is 5.66. The lowest BCUT2D eigenvalue weighted by molar-refractivity contribution is 0.679. The van der Waals surface area contributed by atoms with Gasteiger partial charge in [0.2, 0.25) is 0 Å². The first-order valence-corrected chi connectivity index (χ1v) is 11.9. The largest absolute Gasteiger partial charge is 0.412 e. The molecule has 0 bridgehead atoms. The van der Waals surface area contributed by atoms with Crippen molar-refractivity contribution < 1.29 is 21.9 Å². The van der Waals surface area contributed by atoms with E-state index in [-0.39, 0.29) is 21.9 Å². The Kier molecular flexibility index (Phi) is 14.0. The Morgan fingerprint density at radius 2 is 0.550 bits per heavy atom. The van der Waals surface area contributed by atoms with Crippen LogP contribution in [0.4, 0.5) is 0 Å². The van der Waals surface area contributed by atoms with Crippen LogP contribution in [0, 0.1) is 0 Å². The minimum Gasteiger partial charge on any atom is -0.412 e. The fourth-order valence-corrected chi connectivity index (χ4v) is 3.82. The number of hydrogen-bond donors (Lipinski definition) is 0. The molecule has 0 aliphatic rings. The predicted molar refractivity (Wildman–Crippen MR) is 153 cm³/mol. The molecule has 0 aliphatic heterocycles. The smallest absolute Gasteiger partial charge is 0.0659 e. The van der Waals surface area contributed by atoms with Gasteiger partial charge in [-0.2, -0.15) is 20.4 Å². The van der Waals surface area contributed by atoms with Gasteiger partial charge in [-0.15, -0.1) is 0 Å². The van der Waals surface area contributed by atoms with Gasteiger partial charge in [-0.25, -0.2) is 0 Å². The summed E-state index contributed by atoms with van der Waals surface area (Å²) in [5.41, 5.74) is 5.01. The van der Waals surface area contributed by atoms with E-state index in [0.717, 1.165) is 26.2 Å². The Labute approximate surface area is 232 Å². The van der Waals surface area contributed by atoms with Gasteiger partial charge in [-0.1, -0.05) is 48.5 Å². The molecule has 0 amide bonds. The van der Waals surface area contributed by atoms with E-state index in [1.165, 1.54) is 22.3 Å². The molecule has 4 aromatic heterocycles. The van der Waals surface area contributed by atoms with Crippen LogP contribution in [0.25, 0.3) is 0 Å². The standard InChI is InChI=1S/2C14H14N4.4H2O/c2*1-7-15-17(9-1)11-13-3-5-14(6-4-13)12-18-10-2-8-16-18;;;;/h2*1-10H,11-12H2;4*1H2. The van der Waals surface area contributed by atoms with Gasteiger partial charge in [-0.3, -0.25) is 18.7 Å². The highest BCUT2D eigenvalue weighted by Crippen LogP contribution is 2.08. The van der Waals surface area contributed by atoms with Gasteiger partial charge in [-0.05, 0) is 46.5 Å². The lowest BCUT2D eigenvalue weighted by Crippen LogP contribution is -2.02. The van der Waals surface area contributed by atoms with Crippen LogP contribution in [0.2, 0.25) is 0 Å². The topological polar surface area (TPSA) is 197 Å². The molecule has 40 heavy (non-hydrogen) atoms. The van der Waals surface area contributed by atoms with Gasteiger partial charge in [0.15, 0.2) is 0 Å². The highest BCUT2D eigenvalue weighted by molar-refractivity contribution is 5.23. The van der Waals surface area contributed by atoms with Crippen molar-refractivity contribution in [2.24, 2.45) is 0 Å². The van der Waals surface area contributed by atoms with Crippen molar-refractivity contribution in [1.82, 2.24) is 39.1 Å². The summed E-state index contributed by atoms with van der Waals surface area (Å²) in [5.74, 6) is 0. The number of hydrogen-bond acceptors (Lipinski definition) is 4. The Hall–Kier alpha value is -4.88. The summed E-state index contributed by atoms with van der Waals surface area (Å²) in [7, 11) is 0. The van der Waals surface area contributed by atoms with Crippen molar-refractivity contribution in [3.63, 3.8) is 0 Å². The van der Waals surface area contributed by atoms with Gasteiger partial charge in [0.05, 0.1) is 26.2 Å². The zero-order valence-electron chi connectivity index (χ0n) is 22.0. The molecular formula is C28H36N8O4. The second-order valence-corrected chi connectivity index (χ2v) is 8.45. The molecule has 0 saturated heterocycles. The van der Waals surface area contributed by atoms with Crippen LogP contribution < -0.4 is 0 Å². The summed E-state index contributed by atoms with van der Waals surface area (Å²) in [6.45, 7) is 3.26. The van der Waals surface area contributed by atoms with E-state index in [1.807, 2.05) is 67.8 Å². The first-order valence-electron chi connectivity index (χ1n) is 11.9. The van der Waals surface area contributed by atoms with Crippen molar-refractivity contribution in [1.29, 1.82) is 0 Å². The average Bonchev–Trinajstić information content (AvgIpc) is 3.72. The molecule has 0 atom stereocenters. The molecule has 6 rings (SSSR count). The molecule has 2 aromatic carbocycles. The molecule has 0 spiro atoms. The lowest BCUT2D eigenvalue weighted by Gasteiger charge is -2.05. The molecule has 0 aliphatic carbocycles. The molecule has 12 heteroatoms. The van der Waals surface area contributed by atoms with E-state index >= 15 is 0 Å². The minimum atomic E-state index is 0. The lowest BCUT2D eigenvalue weighted by atomic mass is 10.1. The third-order valence-corrected chi connectivity index (χ3v) is 5.66. The van der Waals surface area contributed by atoms with Crippen LogP contribution in [-0.4, -0.2) is 61.0 Å². The third kappa shape index (κ3) is 9.78. The molecule has 0 saturated carbocycles. The summed E-state index contributed by atoms with van der Waals surface area (Å²) in [6, 6.07) is 24.9. The van der Waals surface area contributed by atoms with Crippen LogP contribution in [0.5, 0.6) is 0 Å². The zero-order chi connectivity index (χ0) is 24.4. The molecular weight excluding hydrogens is 512 g/mol. The highest BCUT2D eigenvalue weighted by atomic mass is 16.0. The summed E-state index contributed by atoms with van der Waals surface area (Å²) >= 11 is 0. The van der Waals surface area contributed by atoms with E-state index < -0.39 is 0 Å². The van der Waals surface area contributed by atoms with Crippen LogP contribution in [0.1, 0.15) is 22.3 Å². The molecule has 0 unspecified atom stereocenters. The SMILES string of the molecule is O.O.O.O.c1cnn(Cc2ccc(Cn3cccn3)cc2)c1.c1cnn(Cc2ccc(Cn3cccn3)cc2)c1. The van der Waals surface area contributed by atoms with Crippen LogP contribution in [0.3, 0.4) is 0 Å². The number of benzene rings is 2. The first-order chi connectivity index (χ1) is 17.8. The van der Waals surface area contributed by atoms with Gasteiger partial charge in [0.25, 0.3) is 0 Å². The Morgan fingerprint density at radius 1 is 0.350 bits per heavy atom. The zero-order valence-corrected chi connectivity index (χ0v) is 22.0. The van der Waals surface area contributed by atoms with Gasteiger partial charge in [0, 0.05) is 49.6 Å². The summed E-state index contributed by atoms with van der Waals surface area (Å²) in [6.07, 6.45) is 15.1. The van der Waals surface area contributed by atoms with Crippen molar-refractivity contribution in [2.45, 2.75) is 26.2 Å². The van der Waals surface area contributed by atoms with Gasteiger partial charge < -0.3 is 21.9 Å². The highest BCUT2D eigenvalue weighted by Gasteiger charge is 1.99. The van der Waals surface area contributed by atoms with Crippen LogP contribution >= 0.6 is 0 Å². The Morgan fingerprint density at radius 3 is 0.700 bits per heavy atom. The monoisotopic (exact) mass is 548 g/mol. The fraction of sp³-hybridized carbons (Fsp3) is 0.143. The van der Waals surface area contributed by atoms with E-state index in [0.29, 0.717) is 0 Å². The molecule has 8 N–H and O–H groups in total. The minimum absolute atomic E-state index is 0. The Bertz CT molecular complexity index is 1180. The quantitative estimate of drug-likeness (QED) is 0.274. The van der Waals surface area contributed by atoms with Crippen LogP contribution in [0.15, 0.2) is 122 Å². The molecule has 4 heterocycles. The van der Waals surface area contributed by atoms with Gasteiger partial charge in [0.1, 0.15) is 0 Å². The average molecular weight is 549 g/mol. The van der Waals surface area contributed by atoms with Gasteiger partial charge >= 0.3 is 0 Å². The summed E-state index contributed by atoms with van der Waals surface area (Å²) in [4.78, 5) is 0. The van der Waals surface area contributed by atoms with E-state index in [9.17, 15) is 0 Å². The van der Waals surface area contributed by atoms with E-state index in [2.05, 4.69) is 68.9 Å². The number of aromatic nitrogens is 8. The maximum atomic E-state index is 4.20. The Balaban J connectivity index is 0.000000364. The second kappa shape index (κ2) is 16.9. The van der Waals surface area contributed by atoms with E-state index in [4.69, 9.17) is 0 Å². The fourth-order valence-electron chi connectivity index (χ4n) is 3.82. The molecule has 6 aromatic rings. The predicted octanol–water partition coefficient (Wildman–Crippen LogP) is 1.05. The molecule has 212 valence electrons. The first kappa shape index (κ1) is 33.1. The molecule has 0 fully saturated rings.